The molecule has 4 aromatic rings. The maximum atomic E-state index is 14.1. The number of aryl methyl sites for hydroxylation is 1. The molecule has 1 fully saturated rings. The molecule has 1 saturated heterocycles. The van der Waals surface area contributed by atoms with E-state index in [1.165, 1.54) is 16.7 Å². The molecule has 3 aromatic carbocycles. The number of carbonyl (C=O) groups excluding carboxylic acids is 3. The monoisotopic (exact) mass is 664 g/mol. The number of aromatic nitrogens is 1. The van der Waals surface area contributed by atoms with Crippen LogP contribution in [0.5, 0.6) is 5.75 Å². The van der Waals surface area contributed by atoms with Gasteiger partial charge in [0.05, 0.1) is 28.8 Å². The normalized spacial score (nSPS) is 19.4. The van der Waals surface area contributed by atoms with Crippen molar-refractivity contribution < 1.29 is 23.9 Å². The minimum absolute atomic E-state index is 0.240. The van der Waals surface area contributed by atoms with Gasteiger partial charge in [0.1, 0.15) is 17.6 Å². The Labute approximate surface area is 258 Å². The molecule has 1 N–H and O–H groups in total. The van der Waals surface area contributed by atoms with Crippen molar-refractivity contribution in [2.75, 3.05) is 11.5 Å². The van der Waals surface area contributed by atoms with E-state index in [0.29, 0.717) is 39.1 Å². The molecule has 3 atom stereocenters. The van der Waals surface area contributed by atoms with Gasteiger partial charge < -0.3 is 14.5 Å². The maximum absolute atomic E-state index is 14.1. The van der Waals surface area contributed by atoms with Gasteiger partial charge >= 0.3 is 10.8 Å². The molecule has 0 saturated carbocycles. The van der Waals surface area contributed by atoms with Crippen LogP contribution in [0, 0.1) is 12.8 Å². The number of carbonyl (C=O) groups is 3. The van der Waals surface area contributed by atoms with E-state index < -0.39 is 23.1 Å². The molecule has 0 radical (unpaired) electrons. The standard InChI is InChI=1S/C31H25BrN2O6S2/c1-3-39-30(37)18-8-11-20(12-9-18)34-28(35)24-23(25-27(33-31(38)42-25)41-26(24)29(34)36)21-14-19(32)10-13-22(21)40-15-17-6-4-16(2)5-7-17/h4-14,23-24,26H,3,15H2,1-2H3,(H,33,38). The fourth-order valence-corrected chi connectivity index (χ4v) is 8.19. The van der Waals surface area contributed by atoms with E-state index in [-0.39, 0.29) is 23.3 Å². The number of hydrogen-bond acceptors (Lipinski definition) is 8. The molecule has 2 amide bonds. The minimum Gasteiger partial charge on any atom is -0.489 e. The number of thioether (sulfide) groups is 1. The van der Waals surface area contributed by atoms with Crippen molar-refractivity contribution >= 4 is 62.5 Å². The summed E-state index contributed by atoms with van der Waals surface area (Å²) in [5.41, 5.74) is 3.54. The summed E-state index contributed by atoms with van der Waals surface area (Å²) in [6, 6.07) is 19.9. The summed E-state index contributed by atoms with van der Waals surface area (Å²) in [6.45, 7) is 4.30. The zero-order valence-electron chi connectivity index (χ0n) is 22.6. The highest BCUT2D eigenvalue weighted by atomic mass is 79.9. The van der Waals surface area contributed by atoms with Crippen LogP contribution >= 0.6 is 39.0 Å². The number of hydrogen-bond donors (Lipinski definition) is 1. The lowest BCUT2D eigenvalue weighted by Crippen LogP contribution is -2.32. The van der Waals surface area contributed by atoms with Crippen LogP contribution in [0.4, 0.5) is 5.69 Å². The Bertz CT molecular complexity index is 1750. The molecular formula is C31H25BrN2O6S2. The molecule has 0 bridgehead atoms. The topological polar surface area (TPSA) is 106 Å². The van der Waals surface area contributed by atoms with E-state index in [0.717, 1.165) is 26.9 Å². The van der Waals surface area contributed by atoms with E-state index in [4.69, 9.17) is 9.47 Å². The third-order valence-corrected chi connectivity index (χ3v) is 10.2. The number of H-pyrrole nitrogens is 1. The molecule has 0 spiro atoms. The van der Waals surface area contributed by atoms with E-state index in [2.05, 4.69) is 20.9 Å². The third-order valence-electron chi connectivity index (χ3n) is 7.28. The second-order valence-electron chi connectivity index (χ2n) is 9.99. The maximum Gasteiger partial charge on any atom is 0.338 e. The highest BCUT2D eigenvalue weighted by Gasteiger charge is 2.56. The van der Waals surface area contributed by atoms with Crippen molar-refractivity contribution in [3.8, 4) is 5.75 Å². The van der Waals surface area contributed by atoms with Crippen LogP contribution in [0.3, 0.4) is 0 Å². The molecule has 2 aliphatic heterocycles. The molecule has 42 heavy (non-hydrogen) atoms. The average Bonchev–Trinajstić information content (AvgIpc) is 3.47. The van der Waals surface area contributed by atoms with Crippen LogP contribution in [-0.2, 0) is 20.9 Å². The van der Waals surface area contributed by atoms with Crippen LogP contribution < -0.4 is 14.5 Å². The van der Waals surface area contributed by atoms with Crippen LogP contribution in [0.2, 0.25) is 0 Å². The molecule has 2 aliphatic rings. The summed E-state index contributed by atoms with van der Waals surface area (Å²) in [6.07, 6.45) is 0. The van der Waals surface area contributed by atoms with Gasteiger partial charge in [0.15, 0.2) is 0 Å². The number of imide groups is 1. The Hall–Kier alpha value is -3.67. The smallest absolute Gasteiger partial charge is 0.338 e. The number of aromatic amines is 1. The fourth-order valence-electron chi connectivity index (χ4n) is 5.31. The van der Waals surface area contributed by atoms with E-state index in [1.54, 1.807) is 31.2 Å². The largest absolute Gasteiger partial charge is 0.489 e. The van der Waals surface area contributed by atoms with E-state index in [9.17, 15) is 19.2 Å². The van der Waals surface area contributed by atoms with Crippen molar-refractivity contribution in [2.45, 2.75) is 36.6 Å². The number of esters is 1. The molecule has 3 heterocycles. The van der Waals surface area contributed by atoms with Gasteiger partial charge in [-0.25, -0.2) is 9.69 Å². The van der Waals surface area contributed by atoms with Gasteiger partial charge in [-0.3, -0.25) is 14.4 Å². The van der Waals surface area contributed by atoms with Crippen molar-refractivity contribution in [1.82, 2.24) is 4.98 Å². The summed E-state index contributed by atoms with van der Waals surface area (Å²) in [4.78, 5) is 57.1. The number of rotatable bonds is 7. The molecule has 0 aliphatic carbocycles. The van der Waals surface area contributed by atoms with Gasteiger partial charge in [-0.2, -0.15) is 0 Å². The predicted molar refractivity (Wildman–Crippen MR) is 164 cm³/mol. The van der Waals surface area contributed by atoms with E-state index >= 15 is 0 Å². The van der Waals surface area contributed by atoms with Crippen molar-refractivity contribution in [3.63, 3.8) is 0 Å². The SMILES string of the molecule is CCOC(=O)c1ccc(N2C(=O)C3Sc4[nH]c(=O)sc4C(c4cc(Br)ccc4OCc4ccc(C)cc4)C3C2=O)cc1. The number of nitrogens with zero attached hydrogens (tertiary/aromatic N) is 1. The minimum atomic E-state index is -0.776. The number of benzene rings is 3. The first-order chi connectivity index (χ1) is 20.2. The zero-order valence-corrected chi connectivity index (χ0v) is 25.8. The number of ether oxygens (including phenoxy) is 2. The number of fused-ring (bicyclic) bond motifs is 2. The number of anilines is 1. The average molecular weight is 666 g/mol. The summed E-state index contributed by atoms with van der Waals surface area (Å²) >= 11 is 5.82. The van der Waals surface area contributed by atoms with Crippen LogP contribution in [0.25, 0.3) is 0 Å². The van der Waals surface area contributed by atoms with Gasteiger partial charge in [-0.05, 0) is 61.9 Å². The lowest BCUT2D eigenvalue weighted by molar-refractivity contribution is -0.122. The summed E-state index contributed by atoms with van der Waals surface area (Å²) in [5.74, 6) is -2.03. The first kappa shape index (κ1) is 28.4. The summed E-state index contributed by atoms with van der Waals surface area (Å²) < 4.78 is 12.1. The van der Waals surface area contributed by atoms with Gasteiger partial charge in [0, 0.05) is 20.8 Å². The second-order valence-corrected chi connectivity index (χ2v) is 13.1. The Morgan fingerprint density at radius 2 is 1.74 bits per heavy atom. The Morgan fingerprint density at radius 1 is 1.00 bits per heavy atom. The molecule has 1 aromatic heterocycles. The first-order valence-corrected chi connectivity index (χ1v) is 15.8. The quantitative estimate of drug-likeness (QED) is 0.189. The molecule has 6 rings (SSSR count). The van der Waals surface area contributed by atoms with Crippen LogP contribution in [0.15, 0.2) is 81.0 Å². The highest BCUT2D eigenvalue weighted by Crippen LogP contribution is 2.54. The molecular weight excluding hydrogens is 640 g/mol. The van der Waals surface area contributed by atoms with Crippen LogP contribution in [0.1, 0.15) is 44.8 Å². The molecule has 214 valence electrons. The predicted octanol–water partition coefficient (Wildman–Crippen LogP) is 6.06. The molecule has 3 unspecified atom stereocenters. The first-order valence-electron chi connectivity index (χ1n) is 13.3. The number of thiazole rings is 1. The van der Waals surface area contributed by atoms with Crippen molar-refractivity contribution in [1.29, 1.82) is 0 Å². The number of nitrogens with one attached hydrogen (secondary N) is 1. The highest BCUT2D eigenvalue weighted by molar-refractivity contribution is 9.10. The molecule has 8 nitrogen and oxygen atoms in total. The Kier molecular flexibility index (Phi) is 7.82. The van der Waals surface area contributed by atoms with Gasteiger partial charge in [-0.15, -0.1) is 0 Å². The van der Waals surface area contributed by atoms with E-state index in [1.807, 2.05) is 49.4 Å². The third kappa shape index (κ3) is 5.21. The number of halogens is 1. The fraction of sp³-hybridized carbons (Fsp3) is 0.226. The Morgan fingerprint density at radius 3 is 2.45 bits per heavy atom. The summed E-state index contributed by atoms with van der Waals surface area (Å²) in [7, 11) is 0. The lowest BCUT2D eigenvalue weighted by Gasteiger charge is -2.31. The second kappa shape index (κ2) is 11.5. The Balaban J connectivity index is 1.39. The lowest BCUT2D eigenvalue weighted by atomic mass is 9.82. The zero-order chi connectivity index (χ0) is 29.5. The van der Waals surface area contributed by atoms with Gasteiger partial charge in [-0.1, -0.05) is 68.9 Å². The molecule has 11 heteroatoms. The van der Waals surface area contributed by atoms with Crippen molar-refractivity contribution in [3.05, 3.63) is 108 Å². The number of amides is 2. The van der Waals surface area contributed by atoms with Gasteiger partial charge in [0.25, 0.3) is 0 Å². The van der Waals surface area contributed by atoms with Crippen LogP contribution in [-0.4, -0.2) is 34.6 Å². The summed E-state index contributed by atoms with van der Waals surface area (Å²) in [5, 5.41) is -0.171. The van der Waals surface area contributed by atoms with Crippen molar-refractivity contribution in [2.24, 2.45) is 5.92 Å². The van der Waals surface area contributed by atoms with Gasteiger partial charge in [0.2, 0.25) is 11.8 Å².